The van der Waals surface area contributed by atoms with Crippen molar-refractivity contribution >= 4 is 11.6 Å². The third-order valence-electron chi connectivity index (χ3n) is 2.85. The molecule has 0 aliphatic carbocycles. The van der Waals surface area contributed by atoms with Gasteiger partial charge >= 0.3 is 0 Å². The van der Waals surface area contributed by atoms with Gasteiger partial charge in [0.05, 0.1) is 0 Å². The first-order chi connectivity index (χ1) is 7.67. The number of carbonyl (C=O) groups excluding carboxylic acids is 1. The average Bonchev–Trinajstić information content (AvgIpc) is 2.29. The van der Waals surface area contributed by atoms with E-state index in [2.05, 4.69) is 31.3 Å². The van der Waals surface area contributed by atoms with Crippen LogP contribution in [0.15, 0.2) is 24.3 Å². The molecule has 2 nitrogen and oxygen atoms in total. The molecular formula is C14H21NO. The van der Waals surface area contributed by atoms with Gasteiger partial charge < -0.3 is 5.32 Å². The molecule has 0 spiro atoms. The Morgan fingerprint density at radius 3 is 2.38 bits per heavy atom. The second-order valence-electron chi connectivity index (χ2n) is 4.23. The van der Waals surface area contributed by atoms with Gasteiger partial charge in [0.15, 0.2) is 0 Å². The van der Waals surface area contributed by atoms with E-state index >= 15 is 0 Å². The van der Waals surface area contributed by atoms with E-state index in [-0.39, 0.29) is 5.91 Å². The van der Waals surface area contributed by atoms with E-state index in [1.54, 1.807) is 0 Å². The van der Waals surface area contributed by atoms with E-state index in [0.717, 1.165) is 18.5 Å². The molecule has 1 rings (SSSR count). The highest BCUT2D eigenvalue weighted by Gasteiger charge is 2.04. The molecule has 0 aliphatic heterocycles. The number of amides is 1. The highest BCUT2D eigenvalue weighted by atomic mass is 16.1. The molecule has 0 heterocycles. The van der Waals surface area contributed by atoms with E-state index < -0.39 is 0 Å². The van der Waals surface area contributed by atoms with Gasteiger partial charge in [0, 0.05) is 12.1 Å². The summed E-state index contributed by atoms with van der Waals surface area (Å²) < 4.78 is 0. The Balaban J connectivity index is 2.61. The van der Waals surface area contributed by atoms with E-state index in [1.165, 1.54) is 5.56 Å². The molecule has 1 aromatic rings. The van der Waals surface area contributed by atoms with Crippen LogP contribution in [-0.2, 0) is 4.79 Å². The monoisotopic (exact) mass is 219 g/mol. The molecule has 1 unspecified atom stereocenters. The number of rotatable bonds is 5. The minimum absolute atomic E-state index is 0.0961. The smallest absolute Gasteiger partial charge is 0.224 e. The van der Waals surface area contributed by atoms with E-state index in [0.29, 0.717) is 12.3 Å². The Morgan fingerprint density at radius 1 is 1.25 bits per heavy atom. The SMILES string of the molecule is CCCC(=O)Nc1ccc(C(C)CC)cc1. The van der Waals surface area contributed by atoms with Crippen molar-refractivity contribution < 1.29 is 4.79 Å². The fourth-order valence-corrected chi connectivity index (χ4v) is 1.58. The van der Waals surface area contributed by atoms with Crippen LogP contribution in [0.25, 0.3) is 0 Å². The maximum Gasteiger partial charge on any atom is 0.224 e. The van der Waals surface area contributed by atoms with Gasteiger partial charge in [-0.05, 0) is 36.5 Å². The van der Waals surface area contributed by atoms with Crippen molar-refractivity contribution in [1.29, 1.82) is 0 Å². The van der Waals surface area contributed by atoms with E-state index in [9.17, 15) is 4.79 Å². The van der Waals surface area contributed by atoms with Crippen molar-refractivity contribution in [3.8, 4) is 0 Å². The Morgan fingerprint density at radius 2 is 1.88 bits per heavy atom. The molecule has 1 atom stereocenters. The molecule has 1 N–H and O–H groups in total. The van der Waals surface area contributed by atoms with Gasteiger partial charge in [0.1, 0.15) is 0 Å². The molecule has 0 saturated carbocycles. The lowest BCUT2D eigenvalue weighted by Crippen LogP contribution is -2.10. The van der Waals surface area contributed by atoms with Gasteiger partial charge in [0.2, 0.25) is 5.91 Å². The quantitative estimate of drug-likeness (QED) is 0.798. The van der Waals surface area contributed by atoms with Crippen LogP contribution in [0.4, 0.5) is 5.69 Å². The molecule has 0 saturated heterocycles. The minimum atomic E-state index is 0.0961. The van der Waals surface area contributed by atoms with Gasteiger partial charge in [-0.25, -0.2) is 0 Å². The van der Waals surface area contributed by atoms with Crippen molar-refractivity contribution in [3.05, 3.63) is 29.8 Å². The zero-order valence-electron chi connectivity index (χ0n) is 10.4. The van der Waals surface area contributed by atoms with E-state index in [4.69, 9.17) is 0 Å². The summed E-state index contributed by atoms with van der Waals surface area (Å²) in [5.74, 6) is 0.680. The number of hydrogen-bond donors (Lipinski definition) is 1. The van der Waals surface area contributed by atoms with Crippen molar-refractivity contribution in [1.82, 2.24) is 0 Å². The molecule has 0 aromatic heterocycles. The average molecular weight is 219 g/mol. The molecule has 0 bridgehead atoms. The summed E-state index contributed by atoms with van der Waals surface area (Å²) in [7, 11) is 0. The Bertz CT molecular complexity index is 329. The van der Waals surface area contributed by atoms with Crippen LogP contribution in [0, 0.1) is 0 Å². The zero-order valence-corrected chi connectivity index (χ0v) is 10.4. The fraction of sp³-hybridized carbons (Fsp3) is 0.500. The Labute approximate surface area is 98.1 Å². The second kappa shape index (κ2) is 6.31. The topological polar surface area (TPSA) is 29.1 Å². The molecule has 0 radical (unpaired) electrons. The Kier molecular flexibility index (Phi) is 5.03. The van der Waals surface area contributed by atoms with Crippen LogP contribution in [0.2, 0.25) is 0 Å². The van der Waals surface area contributed by atoms with Crippen LogP contribution >= 0.6 is 0 Å². The number of anilines is 1. The molecule has 1 amide bonds. The summed E-state index contributed by atoms with van der Waals surface area (Å²) in [6.07, 6.45) is 2.62. The highest BCUT2D eigenvalue weighted by Crippen LogP contribution is 2.20. The van der Waals surface area contributed by atoms with Crippen molar-refractivity contribution in [2.24, 2.45) is 0 Å². The number of benzene rings is 1. The second-order valence-corrected chi connectivity index (χ2v) is 4.23. The maximum absolute atomic E-state index is 11.4. The number of nitrogens with one attached hydrogen (secondary N) is 1. The summed E-state index contributed by atoms with van der Waals surface area (Å²) in [4.78, 5) is 11.4. The summed E-state index contributed by atoms with van der Waals surface area (Å²) >= 11 is 0. The molecule has 16 heavy (non-hydrogen) atoms. The molecule has 1 aromatic carbocycles. The highest BCUT2D eigenvalue weighted by molar-refractivity contribution is 5.90. The maximum atomic E-state index is 11.4. The normalized spacial score (nSPS) is 12.2. The number of hydrogen-bond acceptors (Lipinski definition) is 1. The predicted octanol–water partition coefficient (Wildman–Crippen LogP) is 3.94. The lowest BCUT2D eigenvalue weighted by atomic mass is 9.99. The van der Waals surface area contributed by atoms with Crippen LogP contribution in [-0.4, -0.2) is 5.91 Å². The van der Waals surface area contributed by atoms with Crippen molar-refractivity contribution in [2.75, 3.05) is 5.32 Å². The van der Waals surface area contributed by atoms with Crippen molar-refractivity contribution in [3.63, 3.8) is 0 Å². The van der Waals surface area contributed by atoms with Crippen LogP contribution in [0.1, 0.15) is 51.5 Å². The minimum Gasteiger partial charge on any atom is -0.326 e. The molecular weight excluding hydrogens is 198 g/mol. The first-order valence-corrected chi connectivity index (χ1v) is 6.07. The van der Waals surface area contributed by atoms with Gasteiger partial charge in [-0.2, -0.15) is 0 Å². The fourth-order valence-electron chi connectivity index (χ4n) is 1.58. The number of carbonyl (C=O) groups is 1. The molecule has 88 valence electrons. The van der Waals surface area contributed by atoms with Gasteiger partial charge in [-0.1, -0.05) is 32.9 Å². The van der Waals surface area contributed by atoms with Gasteiger partial charge in [0.25, 0.3) is 0 Å². The third-order valence-corrected chi connectivity index (χ3v) is 2.85. The summed E-state index contributed by atoms with van der Waals surface area (Å²) in [6, 6.07) is 8.15. The summed E-state index contributed by atoms with van der Waals surface area (Å²) in [5, 5.41) is 2.89. The first kappa shape index (κ1) is 12.8. The first-order valence-electron chi connectivity index (χ1n) is 6.07. The lowest BCUT2D eigenvalue weighted by Gasteiger charge is -2.10. The molecule has 0 fully saturated rings. The van der Waals surface area contributed by atoms with Gasteiger partial charge in [-0.15, -0.1) is 0 Å². The largest absolute Gasteiger partial charge is 0.326 e. The molecule has 2 heteroatoms. The summed E-state index contributed by atoms with van der Waals surface area (Å²) in [5.41, 5.74) is 2.22. The third kappa shape index (κ3) is 3.69. The molecule has 0 aliphatic rings. The standard InChI is InChI=1S/C14H21NO/c1-4-6-14(16)15-13-9-7-12(8-10-13)11(3)5-2/h7-11H,4-6H2,1-3H3,(H,15,16). The van der Waals surface area contributed by atoms with Gasteiger partial charge in [-0.3, -0.25) is 4.79 Å². The van der Waals surface area contributed by atoms with Crippen molar-refractivity contribution in [2.45, 2.75) is 46.0 Å². The van der Waals surface area contributed by atoms with Crippen LogP contribution < -0.4 is 5.32 Å². The van der Waals surface area contributed by atoms with Crippen LogP contribution in [0.5, 0.6) is 0 Å². The zero-order chi connectivity index (χ0) is 12.0. The van der Waals surface area contributed by atoms with Crippen LogP contribution in [0.3, 0.4) is 0 Å². The predicted molar refractivity (Wildman–Crippen MR) is 68.7 cm³/mol. The lowest BCUT2D eigenvalue weighted by molar-refractivity contribution is -0.116. The Hall–Kier alpha value is -1.31. The van der Waals surface area contributed by atoms with E-state index in [1.807, 2.05) is 19.1 Å². The summed E-state index contributed by atoms with van der Waals surface area (Å²) in [6.45, 7) is 6.40.